The molecule has 94 valence electrons. The molecule has 0 aromatic heterocycles. The summed E-state index contributed by atoms with van der Waals surface area (Å²) < 4.78 is 0. The third-order valence-corrected chi connectivity index (χ3v) is 2.19. The maximum Gasteiger partial charge on any atom is 0.236 e. The number of unbranched alkanes of at least 4 members (excludes halogenated alkanes) is 1. The van der Waals surface area contributed by atoms with Gasteiger partial charge in [0.15, 0.2) is 0 Å². The quantitative estimate of drug-likeness (QED) is 0.276. The van der Waals surface area contributed by atoms with Crippen molar-refractivity contribution in [3.63, 3.8) is 0 Å². The van der Waals surface area contributed by atoms with Crippen LogP contribution in [0.3, 0.4) is 0 Å². The van der Waals surface area contributed by atoms with Gasteiger partial charge < -0.3 is 22.1 Å². The van der Waals surface area contributed by atoms with Gasteiger partial charge in [0.1, 0.15) is 0 Å². The Morgan fingerprint density at radius 2 is 2.00 bits per heavy atom. The summed E-state index contributed by atoms with van der Waals surface area (Å²) in [6, 6.07) is -0.453. The van der Waals surface area contributed by atoms with Crippen LogP contribution in [-0.2, 0) is 9.59 Å². The first-order valence-corrected chi connectivity index (χ1v) is 5.62. The average molecular weight is 230 g/mol. The van der Waals surface area contributed by atoms with Crippen LogP contribution in [0.2, 0.25) is 0 Å². The van der Waals surface area contributed by atoms with Gasteiger partial charge >= 0.3 is 0 Å². The molecule has 0 aromatic carbocycles. The Morgan fingerprint density at radius 1 is 1.25 bits per heavy atom. The summed E-state index contributed by atoms with van der Waals surface area (Å²) in [4.78, 5) is 21.3. The number of rotatable bonds is 10. The molecule has 0 aliphatic heterocycles. The lowest BCUT2D eigenvalue weighted by Crippen LogP contribution is -2.41. The van der Waals surface area contributed by atoms with E-state index in [0.29, 0.717) is 38.9 Å². The molecule has 2 amide bonds. The summed E-state index contributed by atoms with van der Waals surface area (Å²) in [5, 5.41) is 5.23. The van der Waals surface area contributed by atoms with Crippen molar-refractivity contribution < 1.29 is 9.59 Å². The van der Waals surface area contributed by atoms with E-state index in [-0.39, 0.29) is 5.91 Å². The van der Waals surface area contributed by atoms with Gasteiger partial charge in [-0.15, -0.1) is 0 Å². The Hall–Kier alpha value is -1.14. The van der Waals surface area contributed by atoms with Gasteiger partial charge in [-0.25, -0.2) is 0 Å². The largest absolute Gasteiger partial charge is 0.359 e. The molecule has 0 radical (unpaired) electrons. The molecule has 0 heterocycles. The number of hydrogen-bond acceptors (Lipinski definition) is 4. The number of nitrogens with two attached hydrogens (primary N) is 2. The van der Waals surface area contributed by atoms with Crippen LogP contribution in [-0.4, -0.2) is 38.0 Å². The molecule has 1 unspecified atom stereocenters. The Labute approximate surface area is 96.1 Å². The average Bonchev–Trinajstić information content (AvgIpc) is 2.28. The maximum atomic E-state index is 11.4. The standard InChI is InChI=1S/C10H22N4O2/c11-5-2-1-4-9(12)10(16)14-7-3-6-13-8-15/h8-9H,1-7,11-12H2,(H,13,15)(H,14,16). The highest BCUT2D eigenvalue weighted by Gasteiger charge is 2.11. The fraction of sp³-hybridized carbons (Fsp3) is 0.800. The molecule has 0 aliphatic rings. The minimum absolute atomic E-state index is 0.136. The lowest BCUT2D eigenvalue weighted by Gasteiger charge is -2.11. The van der Waals surface area contributed by atoms with Crippen LogP contribution >= 0.6 is 0 Å². The molecule has 16 heavy (non-hydrogen) atoms. The second-order valence-electron chi connectivity index (χ2n) is 3.61. The summed E-state index contributed by atoms with van der Waals surface area (Å²) >= 11 is 0. The summed E-state index contributed by atoms with van der Waals surface area (Å²) in [6.07, 6.45) is 3.78. The topological polar surface area (TPSA) is 110 Å². The minimum Gasteiger partial charge on any atom is -0.359 e. The third-order valence-electron chi connectivity index (χ3n) is 2.19. The van der Waals surface area contributed by atoms with Crippen LogP contribution in [0.4, 0.5) is 0 Å². The van der Waals surface area contributed by atoms with Crippen molar-refractivity contribution in [1.29, 1.82) is 0 Å². The van der Waals surface area contributed by atoms with Crippen molar-refractivity contribution in [3.8, 4) is 0 Å². The molecule has 6 heteroatoms. The molecule has 0 rings (SSSR count). The zero-order valence-electron chi connectivity index (χ0n) is 9.58. The Kier molecular flexibility index (Phi) is 9.64. The van der Waals surface area contributed by atoms with Crippen LogP contribution in [0.15, 0.2) is 0 Å². The summed E-state index contributed by atoms with van der Waals surface area (Å²) in [5.74, 6) is -0.136. The van der Waals surface area contributed by atoms with E-state index in [1.54, 1.807) is 0 Å². The fourth-order valence-corrected chi connectivity index (χ4v) is 1.23. The summed E-state index contributed by atoms with van der Waals surface area (Å²) in [6.45, 7) is 1.72. The highest BCUT2D eigenvalue weighted by atomic mass is 16.2. The molecular formula is C10H22N4O2. The summed E-state index contributed by atoms with van der Waals surface area (Å²) in [7, 11) is 0. The van der Waals surface area contributed by atoms with Crippen molar-refractivity contribution in [2.24, 2.45) is 11.5 Å². The molecule has 0 aromatic rings. The first kappa shape index (κ1) is 14.9. The Bertz CT molecular complexity index is 199. The SMILES string of the molecule is NCCCCC(N)C(=O)NCCCNC=O. The van der Waals surface area contributed by atoms with Gasteiger partial charge in [0.25, 0.3) is 0 Å². The van der Waals surface area contributed by atoms with Crippen molar-refractivity contribution in [2.75, 3.05) is 19.6 Å². The molecule has 1 atom stereocenters. The van der Waals surface area contributed by atoms with Crippen molar-refractivity contribution in [1.82, 2.24) is 10.6 Å². The van der Waals surface area contributed by atoms with Gasteiger partial charge in [0, 0.05) is 13.1 Å². The second-order valence-corrected chi connectivity index (χ2v) is 3.61. The molecule has 0 bridgehead atoms. The van der Waals surface area contributed by atoms with E-state index >= 15 is 0 Å². The molecule has 0 saturated heterocycles. The molecule has 6 N–H and O–H groups in total. The van der Waals surface area contributed by atoms with Gasteiger partial charge in [0.2, 0.25) is 12.3 Å². The number of amides is 2. The van der Waals surface area contributed by atoms with Crippen LogP contribution in [0, 0.1) is 0 Å². The normalized spacial score (nSPS) is 11.9. The maximum absolute atomic E-state index is 11.4. The highest BCUT2D eigenvalue weighted by Crippen LogP contribution is 1.97. The van der Waals surface area contributed by atoms with Crippen molar-refractivity contribution in [3.05, 3.63) is 0 Å². The first-order valence-electron chi connectivity index (χ1n) is 5.62. The van der Waals surface area contributed by atoms with Crippen LogP contribution in [0.25, 0.3) is 0 Å². The highest BCUT2D eigenvalue weighted by molar-refractivity contribution is 5.81. The van der Waals surface area contributed by atoms with Gasteiger partial charge in [0.05, 0.1) is 6.04 Å². The van der Waals surface area contributed by atoms with E-state index in [1.807, 2.05) is 0 Å². The zero-order chi connectivity index (χ0) is 12.2. The summed E-state index contributed by atoms with van der Waals surface area (Å²) in [5.41, 5.74) is 11.0. The Morgan fingerprint density at radius 3 is 2.62 bits per heavy atom. The third kappa shape index (κ3) is 8.19. The number of carbonyl (C=O) groups excluding carboxylic acids is 2. The van der Waals surface area contributed by atoms with Gasteiger partial charge in [-0.1, -0.05) is 6.42 Å². The fourth-order valence-electron chi connectivity index (χ4n) is 1.23. The number of carbonyl (C=O) groups is 2. The second kappa shape index (κ2) is 10.4. The van der Waals surface area contributed by atoms with E-state index in [0.717, 1.165) is 12.8 Å². The number of hydrogen-bond donors (Lipinski definition) is 4. The monoisotopic (exact) mass is 230 g/mol. The van der Waals surface area contributed by atoms with E-state index in [2.05, 4.69) is 10.6 Å². The first-order chi connectivity index (χ1) is 7.72. The molecule has 0 fully saturated rings. The molecule has 0 saturated carbocycles. The lowest BCUT2D eigenvalue weighted by molar-refractivity contribution is -0.122. The van der Waals surface area contributed by atoms with E-state index in [9.17, 15) is 9.59 Å². The van der Waals surface area contributed by atoms with Gasteiger partial charge in [-0.05, 0) is 25.8 Å². The van der Waals surface area contributed by atoms with Gasteiger partial charge in [-0.2, -0.15) is 0 Å². The zero-order valence-corrected chi connectivity index (χ0v) is 9.58. The molecule has 0 aliphatic carbocycles. The predicted octanol–water partition coefficient (Wildman–Crippen LogP) is -1.30. The molecule has 0 spiro atoms. The van der Waals surface area contributed by atoms with Crippen LogP contribution in [0.5, 0.6) is 0 Å². The van der Waals surface area contributed by atoms with Crippen LogP contribution in [0.1, 0.15) is 25.7 Å². The van der Waals surface area contributed by atoms with E-state index < -0.39 is 6.04 Å². The van der Waals surface area contributed by atoms with Crippen LogP contribution < -0.4 is 22.1 Å². The van der Waals surface area contributed by atoms with E-state index in [1.165, 1.54) is 0 Å². The van der Waals surface area contributed by atoms with Crippen molar-refractivity contribution in [2.45, 2.75) is 31.7 Å². The Balaban J connectivity index is 3.43. The molecule has 6 nitrogen and oxygen atoms in total. The molecular weight excluding hydrogens is 208 g/mol. The minimum atomic E-state index is -0.453. The predicted molar refractivity (Wildman–Crippen MR) is 62.6 cm³/mol. The smallest absolute Gasteiger partial charge is 0.236 e. The van der Waals surface area contributed by atoms with E-state index in [4.69, 9.17) is 11.5 Å². The van der Waals surface area contributed by atoms with Crippen molar-refractivity contribution >= 4 is 12.3 Å². The lowest BCUT2D eigenvalue weighted by atomic mass is 10.1. The number of nitrogens with one attached hydrogen (secondary N) is 2. The van der Waals surface area contributed by atoms with Gasteiger partial charge in [-0.3, -0.25) is 9.59 Å².